The van der Waals surface area contributed by atoms with E-state index in [2.05, 4.69) is 10.3 Å². The molecule has 0 atom stereocenters. The van der Waals surface area contributed by atoms with Gasteiger partial charge in [0, 0.05) is 29.0 Å². The molecule has 0 saturated carbocycles. The molecule has 1 aromatic carbocycles. The van der Waals surface area contributed by atoms with Crippen molar-refractivity contribution in [3.8, 4) is 0 Å². The number of fused-ring (bicyclic) bond motifs is 1. The van der Waals surface area contributed by atoms with Crippen molar-refractivity contribution >= 4 is 28.4 Å². The molecule has 0 aliphatic heterocycles. The van der Waals surface area contributed by atoms with Gasteiger partial charge < -0.3 is 16.0 Å². The second kappa shape index (κ2) is 4.55. The number of benzene rings is 1. The van der Waals surface area contributed by atoms with Gasteiger partial charge in [-0.2, -0.15) is 0 Å². The summed E-state index contributed by atoms with van der Waals surface area (Å²) in [7, 11) is 0. The van der Waals surface area contributed by atoms with Crippen molar-refractivity contribution in [2.45, 2.75) is 0 Å². The molecule has 4 nitrogen and oxygen atoms in total. The van der Waals surface area contributed by atoms with Gasteiger partial charge in [-0.15, -0.1) is 0 Å². The van der Waals surface area contributed by atoms with E-state index in [1.54, 1.807) is 18.2 Å². The zero-order valence-corrected chi connectivity index (χ0v) is 9.34. The molecule has 0 radical (unpaired) electrons. The van der Waals surface area contributed by atoms with Crippen molar-refractivity contribution in [1.82, 2.24) is 10.3 Å². The number of aromatic amines is 1. The second-order valence-corrected chi connectivity index (χ2v) is 3.90. The summed E-state index contributed by atoms with van der Waals surface area (Å²) in [5.74, 6) is -0.155. The van der Waals surface area contributed by atoms with Gasteiger partial charge in [0.2, 0.25) is 0 Å². The number of H-pyrrole nitrogens is 1. The number of hydrogen-bond acceptors (Lipinski definition) is 2. The summed E-state index contributed by atoms with van der Waals surface area (Å²) in [5, 5.41) is 4.30. The summed E-state index contributed by atoms with van der Waals surface area (Å²) in [5.41, 5.74) is 6.68. The zero-order valence-electron chi connectivity index (χ0n) is 8.59. The predicted octanol–water partition coefficient (Wildman–Crippen LogP) is 1.51. The van der Waals surface area contributed by atoms with E-state index in [0.717, 1.165) is 10.9 Å². The van der Waals surface area contributed by atoms with Crippen LogP contribution in [0.4, 0.5) is 0 Å². The van der Waals surface area contributed by atoms with Gasteiger partial charge in [-0.1, -0.05) is 17.7 Å². The normalized spacial score (nSPS) is 10.6. The third kappa shape index (κ3) is 2.18. The van der Waals surface area contributed by atoms with Crippen LogP contribution in [0.25, 0.3) is 10.9 Å². The average Bonchev–Trinajstić information content (AvgIpc) is 2.68. The van der Waals surface area contributed by atoms with Crippen molar-refractivity contribution in [2.24, 2.45) is 5.73 Å². The van der Waals surface area contributed by atoms with Crippen LogP contribution >= 0.6 is 11.6 Å². The maximum Gasteiger partial charge on any atom is 0.267 e. The standard InChI is InChI=1S/C11H12ClN3O/c12-8-2-1-7-5-10(15-9(7)6-8)11(16)14-4-3-13/h1-2,5-6,15H,3-4,13H2,(H,14,16). The molecular weight excluding hydrogens is 226 g/mol. The molecule has 84 valence electrons. The molecule has 0 aliphatic carbocycles. The second-order valence-electron chi connectivity index (χ2n) is 3.46. The van der Waals surface area contributed by atoms with Crippen LogP contribution < -0.4 is 11.1 Å². The maximum atomic E-state index is 11.6. The van der Waals surface area contributed by atoms with E-state index in [4.69, 9.17) is 17.3 Å². The average molecular weight is 238 g/mol. The van der Waals surface area contributed by atoms with E-state index in [1.807, 2.05) is 6.07 Å². The van der Waals surface area contributed by atoms with Gasteiger partial charge in [0.15, 0.2) is 0 Å². The molecule has 4 N–H and O–H groups in total. The molecule has 0 bridgehead atoms. The number of carbonyl (C=O) groups excluding carboxylic acids is 1. The van der Waals surface area contributed by atoms with E-state index >= 15 is 0 Å². The summed E-state index contributed by atoms with van der Waals surface area (Å²) in [6.07, 6.45) is 0. The van der Waals surface area contributed by atoms with E-state index in [0.29, 0.717) is 23.8 Å². The summed E-state index contributed by atoms with van der Waals surface area (Å²) >= 11 is 5.85. The van der Waals surface area contributed by atoms with Gasteiger partial charge in [-0.25, -0.2) is 0 Å². The Labute approximate surface area is 97.8 Å². The Morgan fingerprint density at radius 1 is 1.44 bits per heavy atom. The molecular formula is C11H12ClN3O. The molecule has 5 heteroatoms. The fourth-order valence-corrected chi connectivity index (χ4v) is 1.67. The van der Waals surface area contributed by atoms with Crippen LogP contribution in [0, 0.1) is 0 Å². The third-order valence-electron chi connectivity index (χ3n) is 2.26. The first-order chi connectivity index (χ1) is 7.70. The van der Waals surface area contributed by atoms with E-state index < -0.39 is 0 Å². The third-order valence-corrected chi connectivity index (χ3v) is 2.49. The highest BCUT2D eigenvalue weighted by Crippen LogP contribution is 2.19. The fraction of sp³-hybridized carbons (Fsp3) is 0.182. The van der Waals surface area contributed by atoms with Gasteiger partial charge in [0.1, 0.15) is 5.69 Å². The highest BCUT2D eigenvalue weighted by Gasteiger charge is 2.08. The molecule has 1 amide bonds. The predicted molar refractivity (Wildman–Crippen MR) is 64.7 cm³/mol. The molecule has 1 aromatic heterocycles. The van der Waals surface area contributed by atoms with E-state index in [9.17, 15) is 4.79 Å². The number of nitrogens with two attached hydrogens (primary N) is 1. The largest absolute Gasteiger partial charge is 0.350 e. The summed E-state index contributed by atoms with van der Waals surface area (Å²) in [6.45, 7) is 0.896. The van der Waals surface area contributed by atoms with Crippen LogP contribution in [0.3, 0.4) is 0 Å². The highest BCUT2D eigenvalue weighted by molar-refractivity contribution is 6.31. The molecule has 1 heterocycles. The van der Waals surface area contributed by atoms with Crippen molar-refractivity contribution in [3.05, 3.63) is 35.0 Å². The van der Waals surface area contributed by atoms with Gasteiger partial charge in [0.05, 0.1) is 0 Å². The summed E-state index contributed by atoms with van der Waals surface area (Å²) < 4.78 is 0. The lowest BCUT2D eigenvalue weighted by atomic mass is 10.2. The van der Waals surface area contributed by atoms with Crippen LogP contribution in [-0.4, -0.2) is 24.0 Å². The van der Waals surface area contributed by atoms with Crippen LogP contribution in [0.1, 0.15) is 10.5 Å². The van der Waals surface area contributed by atoms with E-state index in [-0.39, 0.29) is 5.91 Å². The minimum absolute atomic E-state index is 0.155. The van der Waals surface area contributed by atoms with Crippen molar-refractivity contribution in [3.63, 3.8) is 0 Å². The first kappa shape index (κ1) is 11.0. The van der Waals surface area contributed by atoms with Gasteiger partial charge in [-0.05, 0) is 18.2 Å². The zero-order chi connectivity index (χ0) is 11.5. The molecule has 2 aromatic rings. The Kier molecular flexibility index (Phi) is 3.12. The molecule has 16 heavy (non-hydrogen) atoms. The minimum Gasteiger partial charge on any atom is -0.350 e. The van der Waals surface area contributed by atoms with Crippen LogP contribution in [0.5, 0.6) is 0 Å². The number of amides is 1. The van der Waals surface area contributed by atoms with Crippen LogP contribution in [0.2, 0.25) is 5.02 Å². The number of rotatable bonds is 3. The molecule has 0 unspecified atom stereocenters. The molecule has 0 spiro atoms. The Morgan fingerprint density at radius 2 is 2.25 bits per heavy atom. The topological polar surface area (TPSA) is 70.9 Å². The lowest BCUT2D eigenvalue weighted by Crippen LogP contribution is -2.29. The quantitative estimate of drug-likeness (QED) is 0.757. The number of halogens is 1. The number of aromatic nitrogens is 1. The van der Waals surface area contributed by atoms with Crippen molar-refractivity contribution in [1.29, 1.82) is 0 Å². The van der Waals surface area contributed by atoms with E-state index in [1.165, 1.54) is 0 Å². The van der Waals surface area contributed by atoms with Gasteiger partial charge in [0.25, 0.3) is 5.91 Å². The Balaban J connectivity index is 2.28. The lowest BCUT2D eigenvalue weighted by molar-refractivity contribution is 0.0950. The fourth-order valence-electron chi connectivity index (χ4n) is 1.50. The van der Waals surface area contributed by atoms with Crippen LogP contribution in [0.15, 0.2) is 24.3 Å². The molecule has 0 fully saturated rings. The molecule has 2 rings (SSSR count). The smallest absolute Gasteiger partial charge is 0.267 e. The van der Waals surface area contributed by atoms with Crippen molar-refractivity contribution < 1.29 is 4.79 Å². The SMILES string of the molecule is NCCNC(=O)c1cc2ccc(Cl)cc2[nH]1. The first-order valence-corrected chi connectivity index (χ1v) is 5.35. The van der Waals surface area contributed by atoms with Gasteiger partial charge >= 0.3 is 0 Å². The first-order valence-electron chi connectivity index (χ1n) is 4.97. The summed E-state index contributed by atoms with van der Waals surface area (Å²) in [4.78, 5) is 14.6. The molecule has 0 saturated heterocycles. The number of carbonyl (C=O) groups is 1. The monoisotopic (exact) mass is 237 g/mol. The lowest BCUT2D eigenvalue weighted by Gasteiger charge is -1.99. The Morgan fingerprint density at radius 3 is 3.00 bits per heavy atom. The Bertz CT molecular complexity index is 521. The van der Waals surface area contributed by atoms with Crippen molar-refractivity contribution in [2.75, 3.05) is 13.1 Å². The molecule has 0 aliphatic rings. The maximum absolute atomic E-state index is 11.6. The van der Waals surface area contributed by atoms with Gasteiger partial charge in [-0.3, -0.25) is 4.79 Å². The number of nitrogens with one attached hydrogen (secondary N) is 2. The number of hydrogen-bond donors (Lipinski definition) is 3. The minimum atomic E-state index is -0.155. The van der Waals surface area contributed by atoms with Crippen LogP contribution in [-0.2, 0) is 0 Å². The summed E-state index contributed by atoms with van der Waals surface area (Å²) in [6, 6.07) is 7.24. The highest BCUT2D eigenvalue weighted by atomic mass is 35.5. The Hall–Kier alpha value is -1.52.